The summed E-state index contributed by atoms with van der Waals surface area (Å²) < 4.78 is 19.8. The summed E-state index contributed by atoms with van der Waals surface area (Å²) in [5.74, 6) is -0.0845. The zero-order valence-corrected chi connectivity index (χ0v) is 27.0. The number of nitrogens with zero attached hydrogens (tertiary/aromatic N) is 5. The molecule has 3 aromatic carbocycles. The van der Waals surface area contributed by atoms with Gasteiger partial charge in [0.05, 0.1) is 24.4 Å². The lowest BCUT2D eigenvalue weighted by atomic mass is 9.98. The molecule has 7 rings (SSSR count). The second kappa shape index (κ2) is 13.7. The molecule has 2 aliphatic heterocycles. The molecular weight excluding hydrogens is 625 g/mol. The van der Waals surface area contributed by atoms with Crippen LogP contribution in [-0.2, 0) is 20.9 Å². The normalized spacial score (nSPS) is 18.1. The van der Waals surface area contributed by atoms with Crippen molar-refractivity contribution in [3.8, 4) is 22.6 Å². The Morgan fingerprint density at radius 1 is 1.02 bits per heavy atom. The van der Waals surface area contributed by atoms with Crippen LogP contribution in [0.2, 0.25) is 0 Å². The Morgan fingerprint density at radius 3 is 2.53 bits per heavy atom. The van der Waals surface area contributed by atoms with E-state index in [1.54, 1.807) is 42.7 Å². The molecule has 0 saturated carbocycles. The van der Waals surface area contributed by atoms with Gasteiger partial charge in [-0.2, -0.15) is 5.10 Å². The molecule has 4 heterocycles. The number of benzene rings is 3. The Kier molecular flexibility index (Phi) is 9.00. The van der Waals surface area contributed by atoms with E-state index < -0.39 is 18.0 Å². The van der Waals surface area contributed by atoms with Crippen molar-refractivity contribution in [1.82, 2.24) is 30.0 Å². The van der Waals surface area contributed by atoms with Gasteiger partial charge in [-0.3, -0.25) is 19.6 Å². The lowest BCUT2D eigenvalue weighted by Gasteiger charge is -2.30. The number of H-pyrrole nitrogens is 1. The smallest absolute Gasteiger partial charge is 0.258 e. The molecule has 2 amide bonds. The van der Waals surface area contributed by atoms with Gasteiger partial charge in [-0.05, 0) is 66.4 Å². The van der Waals surface area contributed by atoms with Crippen LogP contribution in [0.4, 0.5) is 10.1 Å². The van der Waals surface area contributed by atoms with Crippen LogP contribution in [0.15, 0.2) is 85.2 Å². The van der Waals surface area contributed by atoms with Gasteiger partial charge in [-0.15, -0.1) is 0 Å². The van der Waals surface area contributed by atoms with Gasteiger partial charge in [0.25, 0.3) is 5.91 Å². The molecule has 5 aromatic rings. The third kappa shape index (κ3) is 6.58. The molecule has 0 bridgehead atoms. The number of aliphatic hydroxyl groups excluding tert-OH is 1. The highest BCUT2D eigenvalue weighted by atomic mass is 19.1. The number of aromatic nitrogens is 4. The number of hydrogen-bond donors (Lipinski definition) is 3. The Bertz CT molecular complexity index is 2030. The predicted octanol–water partition coefficient (Wildman–Crippen LogP) is 4.66. The van der Waals surface area contributed by atoms with Gasteiger partial charge in [-0.1, -0.05) is 30.3 Å². The molecule has 12 heteroatoms. The van der Waals surface area contributed by atoms with Crippen molar-refractivity contribution in [2.75, 3.05) is 45.2 Å². The van der Waals surface area contributed by atoms with Crippen molar-refractivity contribution in [2.45, 2.75) is 25.0 Å². The summed E-state index contributed by atoms with van der Waals surface area (Å²) in [6, 6.07) is 19.8. The molecule has 11 nitrogen and oxygen atoms in total. The monoisotopic (exact) mass is 661 g/mol. The lowest BCUT2D eigenvalue weighted by Crippen LogP contribution is -2.48. The molecule has 0 unspecified atom stereocenters. The van der Waals surface area contributed by atoms with E-state index >= 15 is 0 Å². The second-order valence-electron chi connectivity index (χ2n) is 12.4. The molecule has 0 radical (unpaired) electrons. The average Bonchev–Trinajstić information content (AvgIpc) is 3.77. The Labute approximate surface area is 282 Å². The van der Waals surface area contributed by atoms with Crippen LogP contribution < -0.4 is 5.32 Å². The van der Waals surface area contributed by atoms with Crippen LogP contribution in [0, 0.1) is 5.82 Å². The van der Waals surface area contributed by atoms with E-state index in [-0.39, 0.29) is 30.5 Å². The fourth-order valence-corrected chi connectivity index (χ4v) is 6.57. The van der Waals surface area contributed by atoms with E-state index in [4.69, 9.17) is 4.74 Å². The third-order valence-corrected chi connectivity index (χ3v) is 9.43. The van der Waals surface area contributed by atoms with E-state index in [0.717, 1.165) is 28.5 Å². The number of likely N-dealkylation sites (tertiary alicyclic amines) is 1. The first-order valence-electron chi connectivity index (χ1n) is 16.2. The molecule has 2 aromatic heterocycles. The molecule has 49 heavy (non-hydrogen) atoms. The van der Waals surface area contributed by atoms with Gasteiger partial charge in [0, 0.05) is 73.4 Å². The number of carbonyl (C=O) groups excluding carboxylic acids is 2. The molecule has 2 aliphatic rings. The van der Waals surface area contributed by atoms with Gasteiger partial charge in [0.15, 0.2) is 11.4 Å². The third-order valence-electron chi connectivity index (χ3n) is 9.43. The summed E-state index contributed by atoms with van der Waals surface area (Å²) >= 11 is 0. The summed E-state index contributed by atoms with van der Waals surface area (Å²) in [6.45, 7) is 1.75. The summed E-state index contributed by atoms with van der Waals surface area (Å²) in [7, 11) is 1.52. The SMILES string of the molecule is CO[C@@]1(C(=O)Nc2ccc3[nH]nc(-c4ccc(F)c(CO)c4)c3c2)CCN(CC(=O)N2CC=C(c3ccc(-c4ncccn4)cc3)CC2)C1. The van der Waals surface area contributed by atoms with Crippen LogP contribution >= 0.6 is 0 Å². The van der Waals surface area contributed by atoms with Gasteiger partial charge in [0.2, 0.25) is 5.91 Å². The van der Waals surface area contributed by atoms with E-state index in [2.05, 4.69) is 43.7 Å². The van der Waals surface area contributed by atoms with Crippen molar-refractivity contribution in [3.05, 3.63) is 102 Å². The molecule has 250 valence electrons. The van der Waals surface area contributed by atoms with Gasteiger partial charge in [-0.25, -0.2) is 14.4 Å². The fourth-order valence-electron chi connectivity index (χ4n) is 6.57. The quantitative estimate of drug-likeness (QED) is 0.208. The number of aromatic amines is 1. The van der Waals surface area contributed by atoms with Crippen molar-refractivity contribution in [1.29, 1.82) is 0 Å². The number of aliphatic hydroxyl groups is 1. The number of methoxy groups -OCH3 is 1. The van der Waals surface area contributed by atoms with Crippen molar-refractivity contribution in [3.63, 3.8) is 0 Å². The molecular formula is C37H36FN7O4. The molecule has 3 N–H and O–H groups in total. The topological polar surface area (TPSA) is 137 Å². The summed E-state index contributed by atoms with van der Waals surface area (Å²) in [5.41, 5.74) is 4.84. The Hall–Kier alpha value is -5.30. The highest BCUT2D eigenvalue weighted by Crippen LogP contribution is 2.32. The standard InChI is InChI=1S/C37H36FN7O4/c1-49-37(36(48)41-29-8-10-32-30(20-29)34(43-42-32)27-7-9-31(38)28(19-27)22-46)13-18-44(23-37)21-33(47)45-16-11-25(12-17-45)24-3-5-26(6-4-24)35-39-14-2-15-40-35/h2-11,14-15,19-20,46H,12-13,16-18,21-23H2,1H3,(H,41,48)(H,42,43)/t37-/m0/s1. The van der Waals surface area contributed by atoms with Crippen LogP contribution in [0.1, 0.15) is 24.0 Å². The molecule has 1 atom stereocenters. The largest absolute Gasteiger partial charge is 0.392 e. The number of anilines is 1. The van der Waals surface area contributed by atoms with Crippen molar-refractivity contribution >= 4 is 34.0 Å². The first-order chi connectivity index (χ1) is 23.9. The van der Waals surface area contributed by atoms with Crippen LogP contribution in [0.5, 0.6) is 0 Å². The van der Waals surface area contributed by atoms with Gasteiger partial charge in [0.1, 0.15) is 5.82 Å². The maximum atomic E-state index is 14.0. The van der Waals surface area contributed by atoms with Gasteiger partial charge < -0.3 is 20.1 Å². The average molecular weight is 662 g/mol. The Morgan fingerprint density at radius 2 is 1.80 bits per heavy atom. The van der Waals surface area contributed by atoms with Crippen LogP contribution in [0.3, 0.4) is 0 Å². The number of amides is 2. The zero-order chi connectivity index (χ0) is 34.0. The number of ether oxygens (including phenoxy) is 1. The predicted molar refractivity (Wildman–Crippen MR) is 183 cm³/mol. The number of halogens is 1. The lowest BCUT2D eigenvalue weighted by molar-refractivity contribution is -0.138. The van der Waals surface area contributed by atoms with Gasteiger partial charge >= 0.3 is 0 Å². The van der Waals surface area contributed by atoms with Crippen LogP contribution in [0.25, 0.3) is 39.1 Å². The summed E-state index contributed by atoms with van der Waals surface area (Å²) in [4.78, 5) is 39.4. The Balaban J connectivity index is 0.968. The number of hydrogen-bond acceptors (Lipinski definition) is 8. The fraction of sp³-hybridized carbons (Fsp3) is 0.270. The maximum Gasteiger partial charge on any atom is 0.258 e. The second-order valence-corrected chi connectivity index (χ2v) is 12.4. The summed E-state index contributed by atoms with van der Waals surface area (Å²) in [6.07, 6.45) is 6.75. The highest BCUT2D eigenvalue weighted by molar-refractivity contribution is 6.01. The van der Waals surface area contributed by atoms with Crippen LogP contribution in [-0.4, -0.2) is 92.3 Å². The number of fused-ring (bicyclic) bond motifs is 1. The number of rotatable bonds is 9. The van der Waals surface area contributed by atoms with Crippen molar-refractivity contribution in [2.24, 2.45) is 0 Å². The molecule has 0 aliphatic carbocycles. The van der Waals surface area contributed by atoms with E-state index in [0.29, 0.717) is 48.8 Å². The highest BCUT2D eigenvalue weighted by Gasteiger charge is 2.45. The molecule has 1 saturated heterocycles. The van der Waals surface area contributed by atoms with E-state index in [1.165, 1.54) is 18.7 Å². The summed E-state index contributed by atoms with van der Waals surface area (Å²) in [5, 5.41) is 20.6. The first-order valence-corrected chi connectivity index (χ1v) is 16.2. The van der Waals surface area contributed by atoms with E-state index in [1.807, 2.05) is 28.0 Å². The minimum atomic E-state index is -1.12. The molecule has 0 spiro atoms. The number of carbonyl (C=O) groups is 2. The van der Waals surface area contributed by atoms with E-state index in [9.17, 15) is 19.1 Å². The van der Waals surface area contributed by atoms with Crippen molar-refractivity contribution < 1.29 is 23.8 Å². The first kappa shape index (κ1) is 32.3. The minimum Gasteiger partial charge on any atom is -0.392 e. The number of nitrogens with one attached hydrogen (secondary N) is 2. The maximum absolute atomic E-state index is 14.0. The zero-order valence-electron chi connectivity index (χ0n) is 27.0. The minimum absolute atomic E-state index is 0.0160. The molecule has 1 fully saturated rings.